The molecule has 0 spiro atoms. The maximum atomic E-state index is 5.27. The van der Waals surface area contributed by atoms with E-state index in [9.17, 15) is 0 Å². The van der Waals surface area contributed by atoms with Crippen molar-refractivity contribution in [1.29, 1.82) is 0 Å². The van der Waals surface area contributed by atoms with E-state index in [4.69, 9.17) is 4.74 Å². The molecule has 0 saturated carbocycles. The zero-order chi connectivity index (χ0) is 11.5. The third kappa shape index (κ3) is 2.60. The number of likely N-dealkylation sites (N-methyl/N-ethyl adjacent to an activating group) is 1. The van der Waals surface area contributed by atoms with Gasteiger partial charge in [-0.1, -0.05) is 0 Å². The Morgan fingerprint density at radius 1 is 1.19 bits per heavy atom. The molecule has 1 aliphatic rings. The number of nitrogens with zero attached hydrogens (tertiary/aromatic N) is 2. The van der Waals surface area contributed by atoms with Crippen molar-refractivity contribution in [2.45, 2.75) is 0 Å². The van der Waals surface area contributed by atoms with Gasteiger partial charge in [-0.15, -0.1) is 0 Å². The Bertz CT molecular complexity index is 362. The minimum Gasteiger partial charge on any atom is -0.496 e. The molecule has 16 heavy (non-hydrogen) atoms. The standard InChI is InChI=1S/C12H17IN2O/c1-14-5-7-15(8-6-14)10-3-4-12(16-2)11(13)9-10/h3-4,9H,5-8H2,1-2H3. The van der Waals surface area contributed by atoms with E-state index in [0.29, 0.717) is 0 Å². The molecule has 1 heterocycles. The van der Waals surface area contributed by atoms with Crippen LogP contribution in [0.1, 0.15) is 0 Å². The highest BCUT2D eigenvalue weighted by Gasteiger charge is 2.14. The average molecular weight is 332 g/mol. The molecule has 1 saturated heterocycles. The SMILES string of the molecule is COc1ccc(N2CCN(C)CC2)cc1I. The number of piperazine rings is 1. The van der Waals surface area contributed by atoms with Crippen LogP contribution in [0, 0.1) is 3.57 Å². The van der Waals surface area contributed by atoms with Gasteiger partial charge in [0.05, 0.1) is 10.7 Å². The van der Waals surface area contributed by atoms with Gasteiger partial charge in [0.2, 0.25) is 0 Å². The highest BCUT2D eigenvalue weighted by atomic mass is 127. The van der Waals surface area contributed by atoms with Crippen LogP contribution in [0.2, 0.25) is 0 Å². The van der Waals surface area contributed by atoms with Crippen LogP contribution in [0.3, 0.4) is 0 Å². The van der Waals surface area contributed by atoms with Gasteiger partial charge < -0.3 is 14.5 Å². The zero-order valence-electron chi connectivity index (χ0n) is 9.74. The molecule has 0 radical (unpaired) electrons. The maximum absolute atomic E-state index is 5.27. The molecule has 0 aliphatic carbocycles. The van der Waals surface area contributed by atoms with Crippen LogP contribution < -0.4 is 9.64 Å². The minimum absolute atomic E-state index is 0.957. The smallest absolute Gasteiger partial charge is 0.132 e. The molecule has 0 unspecified atom stereocenters. The molecule has 0 atom stereocenters. The lowest BCUT2D eigenvalue weighted by atomic mass is 10.2. The van der Waals surface area contributed by atoms with E-state index in [-0.39, 0.29) is 0 Å². The van der Waals surface area contributed by atoms with E-state index in [0.717, 1.165) is 31.9 Å². The third-order valence-electron chi connectivity index (χ3n) is 3.00. The van der Waals surface area contributed by atoms with Crippen molar-refractivity contribution < 1.29 is 4.74 Å². The number of hydrogen-bond acceptors (Lipinski definition) is 3. The quantitative estimate of drug-likeness (QED) is 0.771. The second-order valence-electron chi connectivity index (χ2n) is 4.11. The molecule has 2 rings (SSSR count). The second-order valence-corrected chi connectivity index (χ2v) is 5.27. The van der Waals surface area contributed by atoms with Crippen LogP contribution in [0.5, 0.6) is 5.75 Å². The second kappa shape index (κ2) is 5.23. The molecule has 88 valence electrons. The van der Waals surface area contributed by atoms with Crippen molar-refractivity contribution in [3.8, 4) is 5.75 Å². The molecule has 1 aromatic carbocycles. The van der Waals surface area contributed by atoms with E-state index < -0.39 is 0 Å². The molecular formula is C12H17IN2O. The van der Waals surface area contributed by atoms with Gasteiger partial charge >= 0.3 is 0 Å². The third-order valence-corrected chi connectivity index (χ3v) is 3.85. The number of halogens is 1. The summed E-state index contributed by atoms with van der Waals surface area (Å²) in [6, 6.07) is 6.40. The lowest BCUT2D eigenvalue weighted by molar-refractivity contribution is 0.313. The van der Waals surface area contributed by atoms with Crippen molar-refractivity contribution in [1.82, 2.24) is 4.90 Å². The summed E-state index contributed by atoms with van der Waals surface area (Å²) in [6.45, 7) is 4.50. The summed E-state index contributed by atoms with van der Waals surface area (Å²) in [5.41, 5.74) is 1.30. The lowest BCUT2D eigenvalue weighted by Crippen LogP contribution is -2.44. The van der Waals surface area contributed by atoms with Crippen molar-refractivity contribution >= 4 is 28.3 Å². The number of hydrogen-bond donors (Lipinski definition) is 0. The molecule has 1 aliphatic heterocycles. The van der Waals surface area contributed by atoms with E-state index >= 15 is 0 Å². The predicted octanol–water partition coefficient (Wildman–Crippen LogP) is 2.05. The first kappa shape index (κ1) is 12.0. The Labute approximate surface area is 111 Å². The van der Waals surface area contributed by atoms with Crippen LogP contribution in [-0.4, -0.2) is 45.2 Å². The van der Waals surface area contributed by atoms with Gasteiger partial charge in [0.1, 0.15) is 5.75 Å². The van der Waals surface area contributed by atoms with Crippen molar-refractivity contribution in [2.24, 2.45) is 0 Å². The lowest BCUT2D eigenvalue weighted by Gasteiger charge is -2.34. The zero-order valence-corrected chi connectivity index (χ0v) is 11.9. The van der Waals surface area contributed by atoms with E-state index in [1.165, 1.54) is 9.26 Å². The fourth-order valence-electron chi connectivity index (χ4n) is 1.92. The van der Waals surface area contributed by atoms with E-state index in [1.807, 2.05) is 0 Å². The topological polar surface area (TPSA) is 15.7 Å². The largest absolute Gasteiger partial charge is 0.496 e. The van der Waals surface area contributed by atoms with E-state index in [1.54, 1.807) is 7.11 Å². The van der Waals surface area contributed by atoms with Crippen LogP contribution >= 0.6 is 22.6 Å². The summed E-state index contributed by atoms with van der Waals surface area (Å²) in [5.74, 6) is 0.957. The van der Waals surface area contributed by atoms with Crippen LogP contribution in [0.15, 0.2) is 18.2 Å². The summed E-state index contributed by atoms with van der Waals surface area (Å²) >= 11 is 2.32. The molecule has 1 fully saturated rings. The fraction of sp³-hybridized carbons (Fsp3) is 0.500. The van der Waals surface area contributed by atoms with Crippen molar-refractivity contribution in [2.75, 3.05) is 45.2 Å². The van der Waals surface area contributed by atoms with Crippen LogP contribution in [0.4, 0.5) is 5.69 Å². The fourth-order valence-corrected chi connectivity index (χ4v) is 2.64. The number of methoxy groups -OCH3 is 1. The van der Waals surface area contributed by atoms with Crippen LogP contribution in [-0.2, 0) is 0 Å². The Morgan fingerprint density at radius 3 is 2.44 bits per heavy atom. The highest BCUT2D eigenvalue weighted by Crippen LogP contribution is 2.26. The normalized spacial score (nSPS) is 17.6. The number of anilines is 1. The maximum Gasteiger partial charge on any atom is 0.132 e. The molecule has 0 bridgehead atoms. The first-order valence-electron chi connectivity index (χ1n) is 5.48. The van der Waals surface area contributed by atoms with Gasteiger partial charge in [-0.05, 0) is 47.8 Å². The van der Waals surface area contributed by atoms with Gasteiger partial charge in [-0.2, -0.15) is 0 Å². The Balaban J connectivity index is 2.12. The Morgan fingerprint density at radius 2 is 1.88 bits per heavy atom. The summed E-state index contributed by atoms with van der Waals surface area (Å²) < 4.78 is 6.45. The molecule has 4 heteroatoms. The van der Waals surface area contributed by atoms with Gasteiger partial charge in [0.15, 0.2) is 0 Å². The van der Waals surface area contributed by atoms with Gasteiger partial charge in [-0.3, -0.25) is 0 Å². The first-order chi connectivity index (χ1) is 7.70. The molecular weight excluding hydrogens is 315 g/mol. The predicted molar refractivity (Wildman–Crippen MR) is 75.4 cm³/mol. The van der Waals surface area contributed by atoms with Gasteiger partial charge in [0.25, 0.3) is 0 Å². The summed E-state index contributed by atoms with van der Waals surface area (Å²) in [4.78, 5) is 4.80. The van der Waals surface area contributed by atoms with Gasteiger partial charge in [0, 0.05) is 31.9 Å². The minimum atomic E-state index is 0.957. The monoisotopic (exact) mass is 332 g/mol. The summed E-state index contributed by atoms with van der Waals surface area (Å²) in [5, 5.41) is 0. The molecule has 0 aromatic heterocycles. The summed E-state index contributed by atoms with van der Waals surface area (Å²) in [6.07, 6.45) is 0. The Kier molecular flexibility index (Phi) is 3.91. The van der Waals surface area contributed by atoms with Crippen molar-refractivity contribution in [3.63, 3.8) is 0 Å². The average Bonchev–Trinajstić information content (AvgIpc) is 2.30. The number of rotatable bonds is 2. The Hall–Kier alpha value is -0.490. The summed E-state index contributed by atoms with van der Waals surface area (Å²) in [7, 11) is 3.89. The highest BCUT2D eigenvalue weighted by molar-refractivity contribution is 14.1. The van der Waals surface area contributed by atoms with Crippen molar-refractivity contribution in [3.05, 3.63) is 21.8 Å². The van der Waals surface area contributed by atoms with Gasteiger partial charge in [-0.25, -0.2) is 0 Å². The first-order valence-corrected chi connectivity index (χ1v) is 6.55. The molecule has 0 amide bonds. The molecule has 3 nitrogen and oxygen atoms in total. The number of ether oxygens (including phenoxy) is 1. The molecule has 1 aromatic rings. The molecule has 0 N–H and O–H groups in total. The van der Waals surface area contributed by atoms with E-state index in [2.05, 4.69) is 57.6 Å². The van der Waals surface area contributed by atoms with Crippen LogP contribution in [0.25, 0.3) is 0 Å². The number of benzene rings is 1.